The molecule has 0 unspecified atom stereocenters. The summed E-state index contributed by atoms with van der Waals surface area (Å²) in [7, 11) is 0. The van der Waals surface area contributed by atoms with Gasteiger partial charge in [0.05, 0.1) is 21.8 Å². The van der Waals surface area contributed by atoms with E-state index in [0.717, 1.165) is 50.1 Å². The van der Waals surface area contributed by atoms with Crippen LogP contribution in [0.3, 0.4) is 0 Å². The molecule has 3 heteroatoms. The van der Waals surface area contributed by atoms with Crippen LogP contribution in [0.1, 0.15) is 0 Å². The Hall–Kier alpha value is -7.20. The van der Waals surface area contributed by atoms with Gasteiger partial charge in [-0.15, -0.1) is 11.3 Å². The van der Waals surface area contributed by atoms with Crippen LogP contribution in [0.25, 0.3) is 96.7 Å². The molecule has 266 valence electrons. The summed E-state index contributed by atoms with van der Waals surface area (Å²) in [5, 5.41) is 12.1. The maximum atomic E-state index is 6.49. The van der Waals surface area contributed by atoms with Crippen LogP contribution in [-0.2, 0) is 0 Å². The predicted molar refractivity (Wildman–Crippen MR) is 245 cm³/mol. The third-order valence-electron chi connectivity index (χ3n) is 11.7. The highest BCUT2D eigenvalue weighted by atomic mass is 32.1. The molecule has 2 aromatic heterocycles. The van der Waals surface area contributed by atoms with Crippen LogP contribution < -0.4 is 4.90 Å². The van der Waals surface area contributed by atoms with Gasteiger partial charge in [-0.3, -0.25) is 0 Å². The van der Waals surface area contributed by atoms with Crippen LogP contribution in [0.15, 0.2) is 205 Å². The molecule has 0 radical (unpaired) electrons. The minimum atomic E-state index is 0.884. The van der Waals surface area contributed by atoms with Crippen molar-refractivity contribution in [3.8, 4) is 22.3 Å². The van der Waals surface area contributed by atoms with Crippen molar-refractivity contribution in [2.45, 2.75) is 0 Å². The van der Waals surface area contributed by atoms with Crippen LogP contribution in [0, 0.1) is 0 Å². The molecule has 0 N–H and O–H groups in total. The molecule has 0 aliphatic rings. The lowest BCUT2D eigenvalue weighted by atomic mass is 9.87. The van der Waals surface area contributed by atoms with Gasteiger partial charge < -0.3 is 9.32 Å². The third-order valence-corrected chi connectivity index (χ3v) is 12.9. The zero-order chi connectivity index (χ0) is 37.5. The van der Waals surface area contributed by atoms with E-state index < -0.39 is 0 Å². The molecule has 0 bridgehead atoms. The van der Waals surface area contributed by atoms with Crippen LogP contribution >= 0.6 is 11.3 Å². The minimum Gasteiger partial charge on any atom is -0.456 e. The molecule has 2 heterocycles. The van der Waals surface area contributed by atoms with Crippen molar-refractivity contribution < 1.29 is 4.42 Å². The zero-order valence-electron chi connectivity index (χ0n) is 30.8. The molecule has 0 fully saturated rings. The van der Waals surface area contributed by atoms with Gasteiger partial charge in [-0.2, -0.15) is 0 Å². The first-order valence-corrected chi connectivity index (χ1v) is 20.2. The molecule has 12 rings (SSSR count). The first kappa shape index (κ1) is 32.1. The van der Waals surface area contributed by atoms with Crippen molar-refractivity contribution >= 4 is 103 Å². The lowest BCUT2D eigenvalue weighted by Crippen LogP contribution is -2.14. The molecule has 2 nitrogen and oxygen atoms in total. The first-order valence-electron chi connectivity index (χ1n) is 19.4. The van der Waals surface area contributed by atoms with E-state index in [2.05, 4.69) is 199 Å². The van der Waals surface area contributed by atoms with Crippen LogP contribution in [0.4, 0.5) is 17.1 Å². The Balaban J connectivity index is 1.29. The Morgan fingerprint density at radius 3 is 1.77 bits per heavy atom. The normalized spacial score (nSPS) is 11.9. The van der Waals surface area contributed by atoms with Crippen LogP contribution in [0.5, 0.6) is 0 Å². The second-order valence-electron chi connectivity index (χ2n) is 14.7. The minimum absolute atomic E-state index is 0.884. The number of furan rings is 1. The van der Waals surface area contributed by atoms with Gasteiger partial charge in [0, 0.05) is 42.8 Å². The van der Waals surface area contributed by atoms with Crippen LogP contribution in [-0.4, -0.2) is 0 Å². The number of rotatable bonds is 5. The van der Waals surface area contributed by atoms with Gasteiger partial charge in [0.25, 0.3) is 0 Å². The van der Waals surface area contributed by atoms with Crippen molar-refractivity contribution in [3.05, 3.63) is 200 Å². The number of hydrogen-bond acceptors (Lipinski definition) is 3. The lowest BCUT2D eigenvalue weighted by Gasteiger charge is -2.32. The lowest BCUT2D eigenvalue weighted by molar-refractivity contribution is 0.669. The highest BCUT2D eigenvalue weighted by molar-refractivity contribution is 7.26. The standard InChI is InChI=1S/C54H33NOS/c1-2-18-35-34(16-1)17-13-26-40(35)52-41-23-5-3-19-36(41)37-20-4-6-24-43(37)53(52)55(47-30-14-28-44-39-22-9-12-33-50(39)57-54(44)47)46-29-10-7-21-38(46)42-27-15-32-49-51(42)45-25-8-11-31-48(45)56-49/h1-33H. The molecule has 0 amide bonds. The molecule has 12 aromatic rings. The van der Waals surface area contributed by atoms with Gasteiger partial charge in [-0.25, -0.2) is 0 Å². The number of hydrogen-bond donors (Lipinski definition) is 0. The predicted octanol–water partition coefficient (Wildman–Crippen LogP) is 16.2. The Morgan fingerprint density at radius 2 is 0.895 bits per heavy atom. The molecule has 0 atom stereocenters. The van der Waals surface area contributed by atoms with E-state index in [1.54, 1.807) is 0 Å². The average molecular weight is 744 g/mol. The topological polar surface area (TPSA) is 16.4 Å². The van der Waals surface area contributed by atoms with Crippen molar-refractivity contribution in [1.29, 1.82) is 0 Å². The van der Waals surface area contributed by atoms with Crippen molar-refractivity contribution in [2.75, 3.05) is 4.90 Å². The first-order chi connectivity index (χ1) is 28.3. The highest BCUT2D eigenvalue weighted by Gasteiger charge is 2.28. The smallest absolute Gasteiger partial charge is 0.136 e. The average Bonchev–Trinajstić information content (AvgIpc) is 3.86. The summed E-state index contributed by atoms with van der Waals surface area (Å²) in [6, 6.07) is 72.9. The fourth-order valence-corrected chi connectivity index (χ4v) is 10.5. The summed E-state index contributed by atoms with van der Waals surface area (Å²) in [6.07, 6.45) is 0. The van der Waals surface area contributed by atoms with Gasteiger partial charge in [-0.05, 0) is 68.4 Å². The van der Waals surface area contributed by atoms with E-state index in [1.165, 1.54) is 63.6 Å². The second kappa shape index (κ2) is 12.7. The van der Waals surface area contributed by atoms with E-state index in [9.17, 15) is 0 Å². The number of anilines is 3. The van der Waals surface area contributed by atoms with Crippen molar-refractivity contribution in [3.63, 3.8) is 0 Å². The monoisotopic (exact) mass is 743 g/mol. The molecule has 10 aromatic carbocycles. The Morgan fingerprint density at radius 1 is 0.351 bits per heavy atom. The number of nitrogens with zero attached hydrogens (tertiary/aromatic N) is 1. The third kappa shape index (κ3) is 4.83. The van der Waals surface area contributed by atoms with Crippen LogP contribution in [0.2, 0.25) is 0 Å². The molecule has 57 heavy (non-hydrogen) atoms. The summed E-state index contributed by atoms with van der Waals surface area (Å²) < 4.78 is 9.02. The Labute approximate surface area is 333 Å². The Kier molecular flexibility index (Phi) is 7.13. The molecule has 0 saturated heterocycles. The summed E-state index contributed by atoms with van der Waals surface area (Å²) in [5.74, 6) is 0. The summed E-state index contributed by atoms with van der Waals surface area (Å²) in [4.78, 5) is 2.58. The van der Waals surface area contributed by atoms with Gasteiger partial charge in [0.15, 0.2) is 0 Å². The van der Waals surface area contributed by atoms with E-state index >= 15 is 0 Å². The summed E-state index contributed by atoms with van der Waals surface area (Å²) >= 11 is 1.87. The molecular formula is C54H33NOS. The number of para-hydroxylation sites is 2. The summed E-state index contributed by atoms with van der Waals surface area (Å²) in [5.41, 5.74) is 9.86. The van der Waals surface area contributed by atoms with E-state index in [-0.39, 0.29) is 0 Å². The maximum absolute atomic E-state index is 6.49. The second-order valence-corrected chi connectivity index (χ2v) is 15.8. The fourth-order valence-electron chi connectivity index (χ4n) is 9.25. The molecule has 0 saturated carbocycles. The van der Waals surface area contributed by atoms with Gasteiger partial charge in [-0.1, -0.05) is 170 Å². The van der Waals surface area contributed by atoms with E-state index in [0.29, 0.717) is 0 Å². The number of fused-ring (bicyclic) bond motifs is 10. The molecule has 0 aliphatic carbocycles. The maximum Gasteiger partial charge on any atom is 0.136 e. The largest absolute Gasteiger partial charge is 0.456 e. The summed E-state index contributed by atoms with van der Waals surface area (Å²) in [6.45, 7) is 0. The molecule has 0 spiro atoms. The van der Waals surface area contributed by atoms with Crippen molar-refractivity contribution in [1.82, 2.24) is 0 Å². The fraction of sp³-hybridized carbons (Fsp3) is 0. The van der Waals surface area contributed by atoms with Gasteiger partial charge >= 0.3 is 0 Å². The molecule has 0 aliphatic heterocycles. The zero-order valence-corrected chi connectivity index (χ0v) is 31.6. The van der Waals surface area contributed by atoms with Crippen molar-refractivity contribution in [2.24, 2.45) is 0 Å². The number of benzene rings is 10. The molecular weight excluding hydrogens is 711 g/mol. The van der Waals surface area contributed by atoms with E-state index in [4.69, 9.17) is 4.42 Å². The Bertz CT molecular complexity index is 3550. The van der Waals surface area contributed by atoms with E-state index in [1.807, 2.05) is 17.4 Å². The highest BCUT2D eigenvalue weighted by Crippen LogP contribution is 2.55. The quantitative estimate of drug-likeness (QED) is 0.163. The number of thiophene rings is 1. The SMILES string of the molecule is c1ccc(N(c2c(-c3cccc4ccccc34)c3ccccc3c3ccccc23)c2cccc3c2sc2ccccc23)c(-c2cccc3oc4ccccc4c23)c1. The van der Waals surface area contributed by atoms with Gasteiger partial charge in [0.1, 0.15) is 11.2 Å². The van der Waals surface area contributed by atoms with Gasteiger partial charge in [0.2, 0.25) is 0 Å².